The van der Waals surface area contributed by atoms with Crippen LogP contribution in [0, 0.1) is 11.8 Å². The Morgan fingerprint density at radius 2 is 2.12 bits per heavy atom. The van der Waals surface area contributed by atoms with Crippen LogP contribution in [0.4, 0.5) is 0 Å². The van der Waals surface area contributed by atoms with Crippen LogP contribution in [0.3, 0.4) is 0 Å². The van der Waals surface area contributed by atoms with E-state index in [1.807, 2.05) is 6.07 Å². The zero-order valence-electron chi connectivity index (χ0n) is 20.2. The average Bonchev–Trinajstić information content (AvgIpc) is 3.53. The van der Waals surface area contributed by atoms with Crippen molar-refractivity contribution in [2.75, 3.05) is 34.4 Å². The molecule has 0 bridgehead atoms. The lowest BCUT2D eigenvalue weighted by molar-refractivity contribution is -0.137. The van der Waals surface area contributed by atoms with Gasteiger partial charge in [0, 0.05) is 40.8 Å². The Morgan fingerprint density at radius 3 is 2.79 bits per heavy atom. The van der Waals surface area contributed by atoms with Gasteiger partial charge in [-0.1, -0.05) is 13.3 Å². The lowest BCUT2D eigenvalue weighted by atomic mass is 9.74. The molecule has 1 N–H and O–H groups in total. The Balaban J connectivity index is 1.59. The first-order chi connectivity index (χ1) is 16.6. The number of nitrogens with zero attached hydrogens (tertiary/aromatic N) is 1. The smallest absolute Gasteiger partial charge is 0.337 e. The molecule has 7 nitrogen and oxygen atoms in total. The van der Waals surface area contributed by atoms with Crippen molar-refractivity contribution in [1.29, 1.82) is 0 Å². The highest BCUT2D eigenvalue weighted by atomic mass is 16.5. The van der Waals surface area contributed by atoms with Gasteiger partial charge in [0.1, 0.15) is 5.75 Å². The molecule has 3 aromatic rings. The molecular weight excluding hydrogens is 432 g/mol. The summed E-state index contributed by atoms with van der Waals surface area (Å²) in [7, 11) is 4.75. The summed E-state index contributed by atoms with van der Waals surface area (Å²) >= 11 is 0. The molecule has 180 valence electrons. The summed E-state index contributed by atoms with van der Waals surface area (Å²) in [4.78, 5) is 18.9. The highest BCUT2D eigenvalue weighted by molar-refractivity contribution is 5.97. The minimum Gasteiger partial charge on any atom is -0.504 e. The molecule has 7 heteroatoms. The molecule has 3 unspecified atom stereocenters. The maximum absolute atomic E-state index is 12.6. The Labute approximate surface area is 199 Å². The second-order valence-corrected chi connectivity index (χ2v) is 9.17. The minimum atomic E-state index is -0.308. The summed E-state index contributed by atoms with van der Waals surface area (Å²) in [5.74, 6) is 1.00. The van der Waals surface area contributed by atoms with E-state index in [2.05, 4.69) is 28.9 Å². The number of nitrogens with one attached hydrogen (secondary N) is 1. The summed E-state index contributed by atoms with van der Waals surface area (Å²) in [6.07, 6.45) is 7.78. The van der Waals surface area contributed by atoms with E-state index in [9.17, 15) is 4.79 Å². The number of fused-ring (bicyclic) bond motifs is 5. The maximum Gasteiger partial charge on any atom is 0.337 e. The molecule has 0 aliphatic carbocycles. The molecule has 0 radical (unpaired) electrons. The number of esters is 1. The number of H-pyrrole nitrogens is 1. The molecule has 2 aliphatic heterocycles. The summed E-state index contributed by atoms with van der Waals surface area (Å²) in [5.41, 5.74) is 6.26. The number of hydrogen-bond acceptors (Lipinski definition) is 6. The molecule has 4 heterocycles. The highest BCUT2D eigenvalue weighted by Crippen LogP contribution is 2.48. The molecule has 34 heavy (non-hydrogen) atoms. The Bertz CT molecular complexity index is 1210. The van der Waals surface area contributed by atoms with E-state index >= 15 is 0 Å². The standard InChI is InChI=1S/C27H32N2O5/c1-5-16-13-29-10-8-19-24-22(7-6-18(26(24)32-3)17-9-11-34-14-17)28-25(19)23(29)12-20(16)21(15-31-2)27(30)33-4/h6-7,9,11,14-16,20,23,28H,5,8,10,12-13H2,1-4H3/b21-15+. The van der Waals surface area contributed by atoms with Gasteiger partial charge < -0.3 is 23.6 Å². The Kier molecular flexibility index (Phi) is 6.13. The van der Waals surface area contributed by atoms with Gasteiger partial charge in [0.25, 0.3) is 0 Å². The molecule has 0 amide bonds. The van der Waals surface area contributed by atoms with Gasteiger partial charge in [0.15, 0.2) is 0 Å². The van der Waals surface area contributed by atoms with Crippen molar-refractivity contribution in [1.82, 2.24) is 9.88 Å². The van der Waals surface area contributed by atoms with E-state index in [0.717, 1.165) is 60.1 Å². The second-order valence-electron chi connectivity index (χ2n) is 9.17. The molecule has 1 saturated heterocycles. The van der Waals surface area contributed by atoms with Crippen LogP contribution in [-0.4, -0.2) is 50.3 Å². The van der Waals surface area contributed by atoms with Crippen LogP contribution in [0.2, 0.25) is 0 Å². The number of carbonyl (C=O) groups excluding carboxylic acids is 1. The largest absolute Gasteiger partial charge is 0.504 e. The van der Waals surface area contributed by atoms with Crippen LogP contribution in [0.1, 0.15) is 37.1 Å². The molecule has 2 aliphatic rings. The highest BCUT2D eigenvalue weighted by Gasteiger charge is 2.43. The number of benzene rings is 1. The van der Waals surface area contributed by atoms with Gasteiger partial charge >= 0.3 is 5.97 Å². The number of methoxy groups -OCH3 is 3. The SMILES string of the molecule is CCC1CN2CCc3c([nH]c4ccc(-c5ccoc5)c(OC)c34)C2CC1/C(=C\OC)C(=O)OC. The van der Waals surface area contributed by atoms with Crippen molar-refractivity contribution >= 4 is 16.9 Å². The first-order valence-electron chi connectivity index (χ1n) is 11.9. The van der Waals surface area contributed by atoms with Gasteiger partial charge in [0.2, 0.25) is 0 Å². The van der Waals surface area contributed by atoms with Gasteiger partial charge in [-0.3, -0.25) is 4.90 Å². The van der Waals surface area contributed by atoms with E-state index < -0.39 is 0 Å². The number of hydrogen-bond donors (Lipinski definition) is 1. The topological polar surface area (TPSA) is 76.9 Å². The first kappa shape index (κ1) is 22.6. The molecule has 2 aromatic heterocycles. The zero-order chi connectivity index (χ0) is 23.8. The van der Waals surface area contributed by atoms with Gasteiger partial charge in [-0.2, -0.15) is 0 Å². The van der Waals surface area contributed by atoms with Gasteiger partial charge in [-0.25, -0.2) is 4.79 Å². The Morgan fingerprint density at radius 1 is 1.26 bits per heavy atom. The zero-order valence-corrected chi connectivity index (χ0v) is 20.2. The predicted molar refractivity (Wildman–Crippen MR) is 130 cm³/mol. The Hall–Kier alpha value is -3.19. The monoisotopic (exact) mass is 464 g/mol. The third-order valence-electron chi connectivity index (χ3n) is 7.62. The second kappa shape index (κ2) is 9.22. The molecule has 5 rings (SSSR count). The van der Waals surface area contributed by atoms with Gasteiger partial charge in [-0.05, 0) is 48.4 Å². The number of aromatic amines is 1. The van der Waals surface area contributed by atoms with E-state index in [-0.39, 0.29) is 17.9 Å². The number of aromatic nitrogens is 1. The van der Waals surface area contributed by atoms with E-state index in [4.69, 9.17) is 18.6 Å². The third-order valence-corrected chi connectivity index (χ3v) is 7.62. The maximum atomic E-state index is 12.6. The quantitative estimate of drug-likeness (QED) is 0.311. The molecule has 3 atom stereocenters. The summed E-state index contributed by atoms with van der Waals surface area (Å²) < 4.78 is 21.7. The van der Waals surface area contributed by atoms with E-state index in [0.29, 0.717) is 11.5 Å². The van der Waals surface area contributed by atoms with E-state index in [1.54, 1.807) is 33.0 Å². The lowest BCUT2D eigenvalue weighted by Crippen LogP contribution is -2.47. The average molecular weight is 465 g/mol. The van der Waals surface area contributed by atoms with Crippen molar-refractivity contribution in [3.8, 4) is 16.9 Å². The fraction of sp³-hybridized carbons (Fsp3) is 0.444. The number of carbonyl (C=O) groups is 1. The van der Waals surface area contributed by atoms with Crippen molar-refractivity contribution < 1.29 is 23.4 Å². The normalized spacial score (nSPS) is 22.8. The third kappa shape index (κ3) is 3.59. The predicted octanol–water partition coefficient (Wildman–Crippen LogP) is 5.09. The van der Waals surface area contributed by atoms with Gasteiger partial charge in [-0.15, -0.1) is 0 Å². The molecular formula is C27H32N2O5. The summed E-state index contributed by atoms with van der Waals surface area (Å²) in [6.45, 7) is 4.12. The van der Waals surface area contributed by atoms with Crippen LogP contribution < -0.4 is 4.74 Å². The van der Waals surface area contributed by atoms with Crippen LogP contribution >= 0.6 is 0 Å². The lowest BCUT2D eigenvalue weighted by Gasteiger charge is -2.46. The molecule has 1 aromatic carbocycles. The fourth-order valence-electron chi connectivity index (χ4n) is 6.01. The first-order valence-corrected chi connectivity index (χ1v) is 11.9. The van der Waals surface area contributed by atoms with Crippen molar-refractivity contribution in [2.45, 2.75) is 32.2 Å². The molecule has 1 fully saturated rings. The van der Waals surface area contributed by atoms with Crippen molar-refractivity contribution in [2.24, 2.45) is 11.8 Å². The summed E-state index contributed by atoms with van der Waals surface area (Å²) in [6, 6.07) is 6.36. The number of rotatable bonds is 6. The number of piperidine rings is 1. The number of ether oxygens (including phenoxy) is 3. The van der Waals surface area contributed by atoms with Crippen LogP contribution in [0.15, 0.2) is 47.0 Å². The van der Waals surface area contributed by atoms with E-state index in [1.165, 1.54) is 18.4 Å². The summed E-state index contributed by atoms with van der Waals surface area (Å²) in [5, 5.41) is 1.14. The minimum absolute atomic E-state index is 0.0689. The van der Waals surface area contributed by atoms with Crippen LogP contribution in [0.25, 0.3) is 22.0 Å². The molecule has 0 saturated carbocycles. The molecule has 0 spiro atoms. The van der Waals surface area contributed by atoms with Crippen molar-refractivity contribution in [3.05, 3.63) is 53.8 Å². The van der Waals surface area contributed by atoms with Crippen LogP contribution in [-0.2, 0) is 20.7 Å². The fourth-order valence-corrected chi connectivity index (χ4v) is 6.01. The number of furan rings is 1. The van der Waals surface area contributed by atoms with Crippen molar-refractivity contribution in [3.63, 3.8) is 0 Å². The van der Waals surface area contributed by atoms with Gasteiger partial charge in [0.05, 0.1) is 51.7 Å². The van der Waals surface area contributed by atoms with Crippen LogP contribution in [0.5, 0.6) is 5.75 Å².